The van der Waals surface area contributed by atoms with Gasteiger partial charge in [-0.15, -0.1) is 0 Å². The molecule has 1 heterocycles. The van der Waals surface area contributed by atoms with Crippen LogP contribution in [0.1, 0.15) is 26.2 Å². The van der Waals surface area contributed by atoms with Crippen LogP contribution in [0.5, 0.6) is 0 Å². The fourth-order valence-electron chi connectivity index (χ4n) is 1.81. The van der Waals surface area contributed by atoms with Crippen LogP contribution in [0.25, 0.3) is 0 Å². The lowest BCUT2D eigenvalue weighted by Crippen LogP contribution is -2.39. The second-order valence-electron chi connectivity index (χ2n) is 4.31. The Bertz CT molecular complexity index is 267. The molecule has 0 aromatic heterocycles. The third-order valence-corrected chi connectivity index (χ3v) is 2.89. The molecule has 0 saturated carbocycles. The van der Waals surface area contributed by atoms with E-state index >= 15 is 0 Å². The molecule has 0 radical (unpaired) electrons. The Hall–Kier alpha value is -1.10. The Kier molecular flexibility index (Phi) is 4.73. The number of aliphatic carboxylic acids is 1. The van der Waals surface area contributed by atoms with Crippen LogP contribution in [-0.2, 0) is 14.3 Å². The van der Waals surface area contributed by atoms with Crippen molar-refractivity contribution in [3.8, 4) is 0 Å². The molecule has 2 atom stereocenters. The van der Waals surface area contributed by atoms with Crippen LogP contribution >= 0.6 is 0 Å². The first kappa shape index (κ1) is 13.0. The second-order valence-corrected chi connectivity index (χ2v) is 4.31. The van der Waals surface area contributed by atoms with E-state index in [0.717, 1.165) is 6.42 Å². The van der Waals surface area contributed by atoms with Crippen molar-refractivity contribution in [1.29, 1.82) is 0 Å². The van der Waals surface area contributed by atoms with Crippen LogP contribution in [0.2, 0.25) is 0 Å². The largest absolute Gasteiger partial charge is 0.481 e. The minimum atomic E-state index is -0.827. The number of hydrogen-bond acceptors (Lipinski definition) is 3. The highest BCUT2D eigenvalue weighted by Crippen LogP contribution is 2.21. The van der Waals surface area contributed by atoms with Gasteiger partial charge in [-0.05, 0) is 18.8 Å². The molecule has 1 saturated heterocycles. The summed E-state index contributed by atoms with van der Waals surface area (Å²) in [4.78, 5) is 23.8. The molecule has 1 aliphatic heterocycles. The van der Waals surface area contributed by atoms with Crippen LogP contribution in [-0.4, -0.2) is 48.2 Å². The number of carboxylic acids is 1. The van der Waals surface area contributed by atoms with E-state index in [0.29, 0.717) is 19.6 Å². The van der Waals surface area contributed by atoms with Crippen molar-refractivity contribution >= 4 is 11.9 Å². The highest BCUT2D eigenvalue weighted by Gasteiger charge is 2.32. The van der Waals surface area contributed by atoms with E-state index in [1.54, 1.807) is 11.9 Å². The van der Waals surface area contributed by atoms with Crippen molar-refractivity contribution < 1.29 is 19.4 Å². The van der Waals surface area contributed by atoms with Gasteiger partial charge in [-0.3, -0.25) is 9.59 Å². The number of rotatable bonds is 5. The van der Waals surface area contributed by atoms with Gasteiger partial charge >= 0.3 is 5.97 Å². The molecule has 2 unspecified atom stereocenters. The highest BCUT2D eigenvalue weighted by atomic mass is 16.5. The van der Waals surface area contributed by atoms with Crippen molar-refractivity contribution in [3.05, 3.63) is 0 Å². The first-order valence-electron chi connectivity index (χ1n) is 5.60. The van der Waals surface area contributed by atoms with Crippen LogP contribution in [0.15, 0.2) is 0 Å². The molecule has 92 valence electrons. The molecule has 1 fully saturated rings. The fourth-order valence-corrected chi connectivity index (χ4v) is 1.81. The summed E-state index contributed by atoms with van der Waals surface area (Å²) in [5.41, 5.74) is 0. The topological polar surface area (TPSA) is 66.8 Å². The quantitative estimate of drug-likeness (QED) is 0.755. The van der Waals surface area contributed by atoms with E-state index in [1.807, 2.05) is 6.92 Å². The van der Waals surface area contributed by atoms with Crippen LogP contribution in [0, 0.1) is 5.92 Å². The Balaban J connectivity index is 2.32. The van der Waals surface area contributed by atoms with Gasteiger partial charge in [0.05, 0.1) is 0 Å². The van der Waals surface area contributed by atoms with Gasteiger partial charge in [0.1, 0.15) is 6.10 Å². The van der Waals surface area contributed by atoms with Gasteiger partial charge < -0.3 is 14.7 Å². The lowest BCUT2D eigenvalue weighted by molar-refractivity contribution is -0.142. The molecule has 0 aliphatic carbocycles. The predicted molar refractivity (Wildman–Crippen MR) is 58.0 cm³/mol. The Morgan fingerprint density at radius 1 is 1.50 bits per heavy atom. The summed E-state index contributed by atoms with van der Waals surface area (Å²) in [6, 6.07) is 0. The van der Waals surface area contributed by atoms with Gasteiger partial charge in [0.25, 0.3) is 5.91 Å². The number of likely N-dealkylation sites (N-methyl/N-ethyl adjacent to an activating group) is 1. The number of hydrogen-bond donors (Lipinski definition) is 1. The van der Waals surface area contributed by atoms with Gasteiger partial charge in [0, 0.05) is 26.6 Å². The summed E-state index contributed by atoms with van der Waals surface area (Å²) in [5.74, 6) is -0.601. The molecule has 5 nitrogen and oxygen atoms in total. The van der Waals surface area contributed by atoms with E-state index in [1.165, 1.54) is 0 Å². The van der Waals surface area contributed by atoms with Gasteiger partial charge in [0.15, 0.2) is 0 Å². The first-order chi connectivity index (χ1) is 7.52. The van der Waals surface area contributed by atoms with Crippen molar-refractivity contribution in [3.63, 3.8) is 0 Å². The summed E-state index contributed by atoms with van der Waals surface area (Å²) in [6.07, 6.45) is 1.16. The van der Waals surface area contributed by atoms with Crippen LogP contribution in [0.3, 0.4) is 0 Å². The molecule has 0 bridgehead atoms. The van der Waals surface area contributed by atoms with E-state index in [2.05, 4.69) is 0 Å². The molecule has 5 heteroatoms. The number of ether oxygens (including phenoxy) is 1. The molecular formula is C11H19NO4. The standard InChI is InChI=1S/C11H19NO4/c1-8-5-7-16-10(8)11(15)12(2)6-3-4-9(13)14/h8,10H,3-7H2,1-2H3,(H,13,14). The number of carbonyl (C=O) groups is 2. The maximum atomic E-state index is 11.9. The molecule has 0 spiro atoms. The zero-order valence-corrected chi connectivity index (χ0v) is 9.81. The molecule has 0 aromatic carbocycles. The summed E-state index contributed by atoms with van der Waals surface area (Å²) >= 11 is 0. The number of amides is 1. The van der Waals surface area contributed by atoms with Crippen molar-refractivity contribution in [2.24, 2.45) is 5.92 Å². The summed E-state index contributed by atoms with van der Waals surface area (Å²) < 4.78 is 5.37. The van der Waals surface area contributed by atoms with E-state index in [-0.39, 0.29) is 24.3 Å². The Morgan fingerprint density at radius 3 is 2.69 bits per heavy atom. The van der Waals surface area contributed by atoms with E-state index < -0.39 is 5.97 Å². The minimum absolute atomic E-state index is 0.0320. The number of carbonyl (C=O) groups excluding carboxylic acids is 1. The third-order valence-electron chi connectivity index (χ3n) is 2.89. The lowest BCUT2D eigenvalue weighted by atomic mass is 10.0. The van der Waals surface area contributed by atoms with Gasteiger partial charge in [0.2, 0.25) is 0 Å². The average molecular weight is 229 g/mol. The maximum Gasteiger partial charge on any atom is 0.303 e. The van der Waals surface area contributed by atoms with Crippen molar-refractivity contribution in [2.75, 3.05) is 20.2 Å². The smallest absolute Gasteiger partial charge is 0.303 e. The van der Waals surface area contributed by atoms with Crippen molar-refractivity contribution in [1.82, 2.24) is 4.90 Å². The predicted octanol–water partition coefficient (Wildman–Crippen LogP) is 0.735. The van der Waals surface area contributed by atoms with Crippen LogP contribution in [0.4, 0.5) is 0 Å². The van der Waals surface area contributed by atoms with Gasteiger partial charge in [-0.1, -0.05) is 6.92 Å². The normalized spacial score (nSPS) is 24.4. The zero-order valence-electron chi connectivity index (χ0n) is 9.81. The second kappa shape index (κ2) is 5.84. The Morgan fingerprint density at radius 2 is 2.19 bits per heavy atom. The third kappa shape index (κ3) is 3.48. The summed E-state index contributed by atoms with van der Waals surface area (Å²) in [7, 11) is 1.69. The molecule has 16 heavy (non-hydrogen) atoms. The lowest BCUT2D eigenvalue weighted by Gasteiger charge is -2.22. The average Bonchev–Trinajstić information content (AvgIpc) is 2.62. The van der Waals surface area contributed by atoms with Gasteiger partial charge in [-0.25, -0.2) is 0 Å². The zero-order chi connectivity index (χ0) is 12.1. The molecule has 1 amide bonds. The Labute approximate surface area is 95.4 Å². The van der Waals surface area contributed by atoms with Crippen molar-refractivity contribution in [2.45, 2.75) is 32.3 Å². The first-order valence-corrected chi connectivity index (χ1v) is 5.60. The van der Waals surface area contributed by atoms with E-state index in [4.69, 9.17) is 9.84 Å². The molecule has 1 rings (SSSR count). The molecule has 1 aliphatic rings. The van der Waals surface area contributed by atoms with Crippen LogP contribution < -0.4 is 0 Å². The number of nitrogens with zero attached hydrogens (tertiary/aromatic N) is 1. The fraction of sp³-hybridized carbons (Fsp3) is 0.818. The number of carboxylic acid groups (broad SMARTS) is 1. The van der Waals surface area contributed by atoms with E-state index in [9.17, 15) is 9.59 Å². The molecular weight excluding hydrogens is 210 g/mol. The maximum absolute atomic E-state index is 11.9. The highest BCUT2D eigenvalue weighted by molar-refractivity contribution is 5.81. The minimum Gasteiger partial charge on any atom is -0.481 e. The molecule has 1 N–H and O–H groups in total. The SMILES string of the molecule is CC1CCOC1C(=O)N(C)CCCC(=O)O. The summed E-state index contributed by atoms with van der Waals surface area (Å²) in [6.45, 7) is 3.11. The summed E-state index contributed by atoms with van der Waals surface area (Å²) in [5, 5.41) is 8.49. The van der Waals surface area contributed by atoms with Gasteiger partial charge in [-0.2, -0.15) is 0 Å². The molecule has 0 aromatic rings. The monoisotopic (exact) mass is 229 g/mol.